The summed E-state index contributed by atoms with van der Waals surface area (Å²) < 4.78 is 5.06. The number of thiazole rings is 1. The Bertz CT molecular complexity index is 954. The number of hydrogen-bond donors (Lipinski definition) is 1. The zero-order valence-corrected chi connectivity index (χ0v) is 16.1. The molecule has 2 aromatic carbocycles. The van der Waals surface area contributed by atoms with Crippen LogP contribution in [0.4, 0.5) is 5.69 Å². The minimum absolute atomic E-state index is 0.172. The van der Waals surface area contributed by atoms with Crippen LogP contribution in [-0.4, -0.2) is 23.5 Å². The van der Waals surface area contributed by atoms with Crippen molar-refractivity contribution in [3.8, 4) is 10.6 Å². The van der Waals surface area contributed by atoms with Crippen molar-refractivity contribution in [2.75, 3.05) is 11.9 Å². The number of nitrogens with zero attached hydrogens (tertiary/aromatic N) is 1. The van der Waals surface area contributed by atoms with E-state index in [-0.39, 0.29) is 12.3 Å². The van der Waals surface area contributed by atoms with Crippen molar-refractivity contribution in [1.29, 1.82) is 0 Å². The molecular formula is C20H17ClN2O3S. The number of aryl methyl sites for hydroxylation is 1. The molecule has 0 saturated carbocycles. The molecule has 0 atom stereocenters. The maximum absolute atomic E-state index is 12.1. The van der Waals surface area contributed by atoms with Gasteiger partial charge in [0.15, 0.2) is 12.3 Å². The number of carbonyl (C=O) groups excluding carboxylic acids is 2. The predicted molar refractivity (Wildman–Crippen MR) is 107 cm³/mol. The van der Waals surface area contributed by atoms with Crippen LogP contribution < -0.4 is 5.32 Å². The van der Waals surface area contributed by atoms with Gasteiger partial charge in [-0.05, 0) is 36.2 Å². The lowest BCUT2D eigenvalue weighted by molar-refractivity contribution is -0.119. The third-order valence-corrected chi connectivity index (χ3v) is 4.90. The lowest BCUT2D eigenvalue weighted by Gasteiger charge is -2.07. The van der Waals surface area contributed by atoms with Crippen molar-refractivity contribution in [2.45, 2.75) is 13.3 Å². The molecule has 138 valence electrons. The number of aromatic nitrogens is 1. The smallest absolute Gasteiger partial charge is 0.358 e. The van der Waals surface area contributed by atoms with Gasteiger partial charge in [0, 0.05) is 21.7 Å². The van der Waals surface area contributed by atoms with E-state index in [1.165, 1.54) is 11.3 Å². The van der Waals surface area contributed by atoms with Crippen LogP contribution in [0.25, 0.3) is 10.6 Å². The minimum atomic E-state index is -0.635. The molecule has 5 nitrogen and oxygen atoms in total. The van der Waals surface area contributed by atoms with Gasteiger partial charge in [0.1, 0.15) is 5.01 Å². The van der Waals surface area contributed by atoms with E-state index in [0.717, 1.165) is 17.5 Å². The van der Waals surface area contributed by atoms with Gasteiger partial charge in [0.2, 0.25) is 0 Å². The van der Waals surface area contributed by atoms with E-state index in [9.17, 15) is 9.59 Å². The number of carbonyl (C=O) groups is 2. The van der Waals surface area contributed by atoms with Crippen molar-refractivity contribution in [3.05, 3.63) is 70.2 Å². The summed E-state index contributed by atoms with van der Waals surface area (Å²) in [4.78, 5) is 28.4. The molecule has 0 unspecified atom stereocenters. The van der Waals surface area contributed by atoms with E-state index in [0.29, 0.717) is 15.7 Å². The summed E-state index contributed by atoms with van der Waals surface area (Å²) in [5.74, 6) is -1.03. The van der Waals surface area contributed by atoms with E-state index in [1.807, 2.05) is 37.3 Å². The third kappa shape index (κ3) is 5.15. The molecule has 0 bridgehead atoms. The first-order chi connectivity index (χ1) is 13.0. The highest BCUT2D eigenvalue weighted by atomic mass is 35.5. The van der Waals surface area contributed by atoms with E-state index < -0.39 is 11.9 Å². The number of hydrogen-bond acceptors (Lipinski definition) is 5. The number of benzene rings is 2. The van der Waals surface area contributed by atoms with E-state index >= 15 is 0 Å². The molecule has 1 aromatic heterocycles. The molecule has 0 spiro atoms. The Hall–Kier alpha value is -2.70. The molecule has 0 aliphatic carbocycles. The Balaban J connectivity index is 1.56. The molecule has 1 N–H and O–H groups in total. The second-order valence-electron chi connectivity index (χ2n) is 5.72. The highest BCUT2D eigenvalue weighted by Gasteiger charge is 2.15. The van der Waals surface area contributed by atoms with Crippen LogP contribution in [0.5, 0.6) is 0 Å². The van der Waals surface area contributed by atoms with Gasteiger partial charge in [-0.15, -0.1) is 11.3 Å². The summed E-state index contributed by atoms with van der Waals surface area (Å²) in [6, 6.07) is 14.7. The molecule has 0 radical (unpaired) electrons. The molecular weight excluding hydrogens is 384 g/mol. The molecule has 1 amide bonds. The fraction of sp³-hybridized carbons (Fsp3) is 0.150. The first-order valence-electron chi connectivity index (χ1n) is 8.32. The molecule has 1 heterocycles. The maximum Gasteiger partial charge on any atom is 0.358 e. The van der Waals surface area contributed by atoms with E-state index in [1.54, 1.807) is 23.6 Å². The fourth-order valence-corrected chi connectivity index (χ4v) is 3.29. The van der Waals surface area contributed by atoms with E-state index in [2.05, 4.69) is 10.3 Å². The van der Waals surface area contributed by atoms with Gasteiger partial charge < -0.3 is 10.1 Å². The summed E-state index contributed by atoms with van der Waals surface area (Å²) in [7, 11) is 0. The number of nitrogens with one attached hydrogen (secondary N) is 1. The van der Waals surface area contributed by atoms with Crippen molar-refractivity contribution in [2.24, 2.45) is 0 Å². The number of esters is 1. The highest BCUT2D eigenvalue weighted by Crippen LogP contribution is 2.25. The average molecular weight is 401 g/mol. The maximum atomic E-state index is 12.1. The van der Waals surface area contributed by atoms with E-state index in [4.69, 9.17) is 16.3 Å². The summed E-state index contributed by atoms with van der Waals surface area (Å²) in [6.07, 6.45) is 0.873. The quantitative estimate of drug-likeness (QED) is 0.602. The van der Waals surface area contributed by atoms with Gasteiger partial charge in [0.05, 0.1) is 0 Å². The third-order valence-electron chi connectivity index (χ3n) is 3.76. The molecule has 0 saturated heterocycles. The van der Waals surface area contributed by atoms with Crippen LogP contribution in [0.1, 0.15) is 23.0 Å². The Morgan fingerprint density at radius 2 is 1.96 bits per heavy atom. The van der Waals surface area contributed by atoms with Crippen LogP contribution in [-0.2, 0) is 16.0 Å². The molecule has 0 aliphatic rings. The highest BCUT2D eigenvalue weighted by molar-refractivity contribution is 7.13. The van der Waals surface area contributed by atoms with Crippen molar-refractivity contribution in [3.63, 3.8) is 0 Å². The summed E-state index contributed by atoms with van der Waals surface area (Å²) in [6.45, 7) is 1.66. The number of halogens is 1. The van der Waals surface area contributed by atoms with Gasteiger partial charge >= 0.3 is 5.97 Å². The number of anilines is 1. The van der Waals surface area contributed by atoms with Gasteiger partial charge in [-0.2, -0.15) is 0 Å². The molecule has 27 heavy (non-hydrogen) atoms. The largest absolute Gasteiger partial charge is 0.451 e. The first-order valence-corrected chi connectivity index (χ1v) is 9.58. The van der Waals surface area contributed by atoms with Crippen LogP contribution in [0.3, 0.4) is 0 Å². The monoisotopic (exact) mass is 400 g/mol. The van der Waals surface area contributed by atoms with Gasteiger partial charge in [0.25, 0.3) is 5.91 Å². The normalized spacial score (nSPS) is 10.4. The second-order valence-corrected chi connectivity index (χ2v) is 7.02. The van der Waals surface area contributed by atoms with Crippen LogP contribution in [0.2, 0.25) is 5.02 Å². The Kier molecular flexibility index (Phi) is 6.21. The number of ether oxygens (including phenoxy) is 1. The molecule has 0 aliphatic heterocycles. The number of amides is 1. The van der Waals surface area contributed by atoms with Crippen molar-refractivity contribution >= 4 is 40.5 Å². The lowest BCUT2D eigenvalue weighted by atomic mass is 10.1. The molecule has 3 rings (SSSR count). The van der Waals surface area contributed by atoms with Gasteiger partial charge in [-0.1, -0.05) is 42.8 Å². The average Bonchev–Trinajstić information content (AvgIpc) is 3.17. The standard InChI is InChI=1S/C20H17ClN2O3S/c1-2-13-4-3-5-16(10-13)22-18(24)11-26-20(25)17-12-27-19(23-17)14-6-8-15(21)9-7-14/h3-10,12H,2,11H2,1H3,(H,22,24). The number of rotatable bonds is 6. The predicted octanol–water partition coefficient (Wildman–Crippen LogP) is 4.82. The second kappa shape index (κ2) is 8.79. The molecule has 3 aromatic rings. The molecule has 7 heteroatoms. The summed E-state index contributed by atoms with van der Waals surface area (Å²) >= 11 is 7.19. The SMILES string of the molecule is CCc1cccc(NC(=O)COC(=O)c2csc(-c3ccc(Cl)cc3)n2)c1. The van der Waals surface area contributed by atoms with Crippen molar-refractivity contribution < 1.29 is 14.3 Å². The topological polar surface area (TPSA) is 68.3 Å². The zero-order valence-electron chi connectivity index (χ0n) is 14.6. The minimum Gasteiger partial charge on any atom is -0.451 e. The summed E-state index contributed by atoms with van der Waals surface area (Å²) in [5.41, 5.74) is 2.82. The Morgan fingerprint density at radius 1 is 1.19 bits per heavy atom. The Labute approximate surface area is 166 Å². The van der Waals surface area contributed by atoms with Crippen molar-refractivity contribution in [1.82, 2.24) is 4.98 Å². The lowest BCUT2D eigenvalue weighted by Crippen LogP contribution is -2.21. The van der Waals surface area contributed by atoms with Crippen LogP contribution in [0, 0.1) is 0 Å². The first kappa shape index (κ1) is 19.1. The Morgan fingerprint density at radius 3 is 2.70 bits per heavy atom. The molecule has 0 fully saturated rings. The summed E-state index contributed by atoms with van der Waals surface area (Å²) in [5, 5.41) is 5.63. The van der Waals surface area contributed by atoms with Gasteiger partial charge in [-0.3, -0.25) is 4.79 Å². The zero-order chi connectivity index (χ0) is 19.2. The fourth-order valence-electron chi connectivity index (χ4n) is 2.36. The van der Waals surface area contributed by atoms with Crippen LogP contribution in [0.15, 0.2) is 53.9 Å². The van der Waals surface area contributed by atoms with Crippen LogP contribution >= 0.6 is 22.9 Å². The van der Waals surface area contributed by atoms with Gasteiger partial charge in [-0.25, -0.2) is 9.78 Å².